The maximum atomic E-state index is 5.71. The molecule has 0 spiro atoms. The van der Waals surface area contributed by atoms with Crippen LogP contribution in [-0.2, 0) is 17.7 Å². The first kappa shape index (κ1) is 13.2. The van der Waals surface area contributed by atoms with Crippen LogP contribution in [0.15, 0.2) is 12.4 Å². The molecule has 19 heavy (non-hydrogen) atoms. The van der Waals surface area contributed by atoms with E-state index in [1.54, 1.807) is 5.56 Å². The lowest BCUT2D eigenvalue weighted by Crippen LogP contribution is -2.15. The van der Waals surface area contributed by atoms with Gasteiger partial charge in [0, 0.05) is 31.6 Å². The zero-order chi connectivity index (χ0) is 13.1. The van der Waals surface area contributed by atoms with E-state index in [1.807, 2.05) is 0 Å². The highest BCUT2D eigenvalue weighted by Crippen LogP contribution is 2.29. The number of fused-ring (bicyclic) bond motifs is 1. The zero-order valence-corrected chi connectivity index (χ0v) is 12.0. The first-order valence-electron chi connectivity index (χ1n) is 7.84. The smallest absolute Gasteiger partial charge is 0.0593 e. The van der Waals surface area contributed by atoms with Crippen LogP contribution in [0.25, 0.3) is 0 Å². The Kier molecular flexibility index (Phi) is 4.24. The molecule has 2 aliphatic rings. The van der Waals surface area contributed by atoms with E-state index in [1.165, 1.54) is 44.1 Å². The molecule has 1 aliphatic carbocycles. The number of nitrogens with one attached hydrogen (secondary N) is 1. The Balaban J connectivity index is 1.66. The van der Waals surface area contributed by atoms with Crippen LogP contribution in [0.1, 0.15) is 55.7 Å². The van der Waals surface area contributed by atoms with E-state index in [2.05, 4.69) is 29.3 Å². The maximum Gasteiger partial charge on any atom is 0.0593 e. The molecule has 106 valence electrons. The van der Waals surface area contributed by atoms with E-state index >= 15 is 0 Å². The first-order chi connectivity index (χ1) is 9.36. The molecular weight excluding hydrogens is 236 g/mol. The van der Waals surface area contributed by atoms with Crippen LogP contribution in [0.3, 0.4) is 0 Å². The Morgan fingerprint density at radius 3 is 3.00 bits per heavy atom. The average molecular weight is 262 g/mol. The molecule has 1 fully saturated rings. The van der Waals surface area contributed by atoms with Crippen LogP contribution in [0, 0.1) is 0 Å². The predicted molar refractivity (Wildman–Crippen MR) is 77.4 cm³/mol. The van der Waals surface area contributed by atoms with Gasteiger partial charge in [0.05, 0.1) is 6.10 Å². The Labute approximate surface area is 116 Å². The third kappa shape index (κ3) is 3.03. The lowest BCUT2D eigenvalue weighted by atomic mass is 10.1. The van der Waals surface area contributed by atoms with Crippen molar-refractivity contribution < 1.29 is 4.74 Å². The second kappa shape index (κ2) is 6.10. The van der Waals surface area contributed by atoms with Crippen molar-refractivity contribution in [1.29, 1.82) is 0 Å². The number of aryl methyl sites for hydroxylation is 2. The molecule has 1 aromatic heterocycles. The second-order valence-electron chi connectivity index (χ2n) is 5.99. The number of nitrogens with zero attached hydrogens (tertiary/aromatic N) is 1. The van der Waals surface area contributed by atoms with Crippen molar-refractivity contribution in [2.75, 3.05) is 13.7 Å². The summed E-state index contributed by atoms with van der Waals surface area (Å²) in [5.41, 5.74) is 3.09. The lowest BCUT2D eigenvalue weighted by Gasteiger charge is -2.13. The SMILES string of the molecule is CNC1CCCCc2cn(CCC3CCCO3)cc21. The Bertz CT molecular complexity index is 407. The summed E-state index contributed by atoms with van der Waals surface area (Å²) in [5.74, 6) is 0. The van der Waals surface area contributed by atoms with E-state index in [4.69, 9.17) is 4.74 Å². The van der Waals surface area contributed by atoms with Crippen molar-refractivity contribution in [2.24, 2.45) is 0 Å². The summed E-state index contributed by atoms with van der Waals surface area (Å²) >= 11 is 0. The Morgan fingerprint density at radius 2 is 2.21 bits per heavy atom. The summed E-state index contributed by atoms with van der Waals surface area (Å²) in [4.78, 5) is 0. The summed E-state index contributed by atoms with van der Waals surface area (Å²) in [6, 6.07) is 0.557. The minimum absolute atomic E-state index is 0.502. The number of ether oxygens (including phenoxy) is 1. The molecule has 0 bridgehead atoms. The van der Waals surface area contributed by atoms with Crippen LogP contribution >= 0.6 is 0 Å². The normalized spacial score (nSPS) is 27.2. The molecule has 0 radical (unpaired) electrons. The van der Waals surface area contributed by atoms with Gasteiger partial charge in [0.25, 0.3) is 0 Å². The van der Waals surface area contributed by atoms with Crippen LogP contribution in [0.2, 0.25) is 0 Å². The molecule has 1 N–H and O–H groups in total. The van der Waals surface area contributed by atoms with Crippen molar-refractivity contribution in [3.8, 4) is 0 Å². The van der Waals surface area contributed by atoms with Gasteiger partial charge in [0.2, 0.25) is 0 Å². The molecule has 1 saturated heterocycles. The van der Waals surface area contributed by atoms with Gasteiger partial charge in [-0.2, -0.15) is 0 Å². The van der Waals surface area contributed by atoms with Crippen LogP contribution in [-0.4, -0.2) is 24.3 Å². The summed E-state index contributed by atoms with van der Waals surface area (Å²) in [6.07, 6.45) is 14.1. The number of rotatable bonds is 4. The van der Waals surface area contributed by atoms with Gasteiger partial charge in [-0.1, -0.05) is 6.42 Å². The van der Waals surface area contributed by atoms with E-state index < -0.39 is 0 Å². The standard InChI is InChI=1S/C16H26N2O/c1-17-16-7-3-2-5-13-11-18(12-15(13)16)9-8-14-6-4-10-19-14/h11-12,14,16-17H,2-10H2,1H3. The third-order valence-electron chi connectivity index (χ3n) is 4.64. The second-order valence-corrected chi connectivity index (χ2v) is 5.99. The fraction of sp³-hybridized carbons (Fsp3) is 0.750. The fourth-order valence-electron chi connectivity index (χ4n) is 3.51. The molecule has 1 aliphatic heterocycles. The summed E-state index contributed by atoms with van der Waals surface area (Å²) in [7, 11) is 2.09. The van der Waals surface area contributed by atoms with Gasteiger partial charge >= 0.3 is 0 Å². The zero-order valence-electron chi connectivity index (χ0n) is 12.0. The first-order valence-corrected chi connectivity index (χ1v) is 7.84. The van der Waals surface area contributed by atoms with E-state index in [-0.39, 0.29) is 0 Å². The monoisotopic (exact) mass is 262 g/mol. The average Bonchev–Trinajstić information content (AvgIpc) is 3.03. The summed E-state index contributed by atoms with van der Waals surface area (Å²) in [6.45, 7) is 2.07. The highest BCUT2D eigenvalue weighted by Gasteiger charge is 2.20. The quantitative estimate of drug-likeness (QED) is 0.844. The maximum absolute atomic E-state index is 5.71. The highest BCUT2D eigenvalue weighted by molar-refractivity contribution is 5.29. The highest BCUT2D eigenvalue weighted by atomic mass is 16.5. The molecule has 3 rings (SSSR count). The topological polar surface area (TPSA) is 26.2 Å². The van der Waals surface area contributed by atoms with Crippen molar-refractivity contribution >= 4 is 0 Å². The van der Waals surface area contributed by atoms with Gasteiger partial charge in [-0.25, -0.2) is 0 Å². The molecule has 2 unspecified atom stereocenters. The van der Waals surface area contributed by atoms with Gasteiger partial charge in [-0.3, -0.25) is 0 Å². The molecule has 2 atom stereocenters. The molecule has 0 aromatic carbocycles. The van der Waals surface area contributed by atoms with Crippen LogP contribution in [0.5, 0.6) is 0 Å². The van der Waals surface area contributed by atoms with Gasteiger partial charge < -0.3 is 14.6 Å². The summed E-state index contributed by atoms with van der Waals surface area (Å²) < 4.78 is 8.10. The van der Waals surface area contributed by atoms with Gasteiger partial charge in [0.1, 0.15) is 0 Å². The van der Waals surface area contributed by atoms with Crippen molar-refractivity contribution in [2.45, 2.75) is 63.6 Å². The van der Waals surface area contributed by atoms with Gasteiger partial charge in [0.15, 0.2) is 0 Å². The van der Waals surface area contributed by atoms with E-state index in [9.17, 15) is 0 Å². The molecule has 3 heteroatoms. The van der Waals surface area contributed by atoms with Crippen LogP contribution in [0.4, 0.5) is 0 Å². The molecule has 3 nitrogen and oxygen atoms in total. The number of hydrogen-bond donors (Lipinski definition) is 1. The molecule has 0 amide bonds. The largest absolute Gasteiger partial charge is 0.378 e. The summed E-state index contributed by atoms with van der Waals surface area (Å²) in [5, 5.41) is 3.47. The number of aromatic nitrogens is 1. The lowest BCUT2D eigenvalue weighted by molar-refractivity contribution is 0.100. The van der Waals surface area contributed by atoms with Crippen molar-refractivity contribution in [1.82, 2.24) is 9.88 Å². The minimum Gasteiger partial charge on any atom is -0.378 e. The van der Waals surface area contributed by atoms with Gasteiger partial charge in [-0.05, 0) is 56.7 Å². The molecule has 2 heterocycles. The molecule has 0 saturated carbocycles. The third-order valence-corrected chi connectivity index (χ3v) is 4.64. The number of hydrogen-bond acceptors (Lipinski definition) is 2. The Hall–Kier alpha value is -0.800. The van der Waals surface area contributed by atoms with Crippen LogP contribution < -0.4 is 5.32 Å². The minimum atomic E-state index is 0.502. The fourth-order valence-corrected chi connectivity index (χ4v) is 3.51. The van der Waals surface area contributed by atoms with Gasteiger partial charge in [-0.15, -0.1) is 0 Å². The predicted octanol–water partition coefficient (Wildman–Crippen LogP) is 3.04. The Morgan fingerprint density at radius 1 is 1.26 bits per heavy atom. The molecule has 1 aromatic rings. The van der Waals surface area contributed by atoms with E-state index in [0.717, 1.165) is 19.6 Å². The van der Waals surface area contributed by atoms with Crippen molar-refractivity contribution in [3.63, 3.8) is 0 Å². The molecular formula is C16H26N2O. The van der Waals surface area contributed by atoms with E-state index in [0.29, 0.717) is 12.1 Å². The van der Waals surface area contributed by atoms with Crippen molar-refractivity contribution in [3.05, 3.63) is 23.5 Å².